The Kier molecular flexibility index (Phi) is 5.85. The molecule has 0 radical (unpaired) electrons. The number of ether oxygens (including phenoxy) is 1. The molecule has 8 nitrogen and oxygen atoms in total. The van der Waals surface area contributed by atoms with Crippen LogP contribution in [0.3, 0.4) is 0 Å². The lowest BCUT2D eigenvalue weighted by Gasteiger charge is -2.07. The predicted molar refractivity (Wildman–Crippen MR) is 129 cm³/mol. The van der Waals surface area contributed by atoms with Crippen molar-refractivity contribution in [1.29, 1.82) is 0 Å². The van der Waals surface area contributed by atoms with Gasteiger partial charge in [-0.3, -0.25) is 9.48 Å². The molecule has 2 aromatic carbocycles. The summed E-state index contributed by atoms with van der Waals surface area (Å²) < 4.78 is 7.45. The number of nitrogens with two attached hydrogens (primary N) is 1. The number of anilines is 1. The van der Waals surface area contributed by atoms with E-state index in [1.807, 2.05) is 60.7 Å². The van der Waals surface area contributed by atoms with Crippen LogP contribution in [0.15, 0.2) is 91.5 Å². The summed E-state index contributed by atoms with van der Waals surface area (Å²) in [4.78, 5) is 20.8. The second-order valence-corrected chi connectivity index (χ2v) is 7.77. The fourth-order valence-corrected chi connectivity index (χ4v) is 3.59. The smallest absolute Gasteiger partial charge is 0.254 e. The average Bonchev–Trinajstić information content (AvgIpc) is 3.33. The van der Waals surface area contributed by atoms with Crippen LogP contribution in [0.25, 0.3) is 10.8 Å². The summed E-state index contributed by atoms with van der Waals surface area (Å²) in [6, 6.07) is 21.0. The summed E-state index contributed by atoms with van der Waals surface area (Å²) in [5.74, 6) is 1.56. The summed E-state index contributed by atoms with van der Waals surface area (Å²) in [6.07, 6.45) is 6.67. The summed E-state index contributed by atoms with van der Waals surface area (Å²) in [6.45, 7) is 0.942. The molecule has 0 aliphatic heterocycles. The van der Waals surface area contributed by atoms with E-state index in [4.69, 9.17) is 10.5 Å². The monoisotopic (exact) mass is 450 g/mol. The normalized spacial score (nSPS) is 10.8. The first-order chi connectivity index (χ1) is 16.6. The molecule has 0 atom stereocenters. The first-order valence-electron chi connectivity index (χ1n) is 10.8. The molecule has 5 rings (SSSR count). The molecule has 0 saturated carbocycles. The van der Waals surface area contributed by atoms with E-state index in [2.05, 4.69) is 20.4 Å². The molecular weight excluding hydrogens is 428 g/mol. The zero-order chi connectivity index (χ0) is 23.3. The van der Waals surface area contributed by atoms with E-state index in [0.717, 1.165) is 21.9 Å². The van der Waals surface area contributed by atoms with Crippen molar-refractivity contribution in [3.05, 3.63) is 108 Å². The van der Waals surface area contributed by atoms with Gasteiger partial charge in [0.05, 0.1) is 18.3 Å². The molecule has 0 bridgehead atoms. The molecule has 5 aromatic rings. The van der Waals surface area contributed by atoms with Gasteiger partial charge in [0, 0.05) is 36.6 Å². The summed E-state index contributed by atoms with van der Waals surface area (Å²) in [5, 5.41) is 9.15. The van der Waals surface area contributed by atoms with Gasteiger partial charge in [0.1, 0.15) is 11.6 Å². The van der Waals surface area contributed by atoms with Gasteiger partial charge in [-0.15, -0.1) is 0 Å². The van der Waals surface area contributed by atoms with Crippen molar-refractivity contribution in [2.24, 2.45) is 0 Å². The first kappa shape index (κ1) is 21.1. The Balaban J connectivity index is 1.18. The maximum Gasteiger partial charge on any atom is 0.254 e. The zero-order valence-corrected chi connectivity index (χ0v) is 18.3. The molecule has 3 aromatic heterocycles. The SMILES string of the molecule is Nc1nccc2cc(CNC(=O)c3cnn(Cc4ccc(Oc5ccccn5)cc4)c3)ccc12. The number of carbonyl (C=O) groups is 1. The Morgan fingerprint density at radius 2 is 1.82 bits per heavy atom. The van der Waals surface area contributed by atoms with Gasteiger partial charge < -0.3 is 15.8 Å². The van der Waals surface area contributed by atoms with Crippen molar-refractivity contribution in [3.63, 3.8) is 0 Å². The fraction of sp³-hybridized carbons (Fsp3) is 0.0769. The molecule has 3 heterocycles. The Labute approximate surface area is 196 Å². The van der Waals surface area contributed by atoms with Crippen molar-refractivity contribution in [1.82, 2.24) is 25.1 Å². The van der Waals surface area contributed by atoms with Gasteiger partial charge in [0.25, 0.3) is 5.91 Å². The molecule has 1 amide bonds. The highest BCUT2D eigenvalue weighted by Crippen LogP contribution is 2.21. The number of nitrogens with zero attached hydrogens (tertiary/aromatic N) is 4. The maximum atomic E-state index is 12.6. The number of aromatic nitrogens is 4. The third-order valence-electron chi connectivity index (χ3n) is 5.34. The molecule has 0 spiro atoms. The number of hydrogen-bond acceptors (Lipinski definition) is 6. The topological polar surface area (TPSA) is 108 Å². The molecule has 0 aliphatic carbocycles. The molecule has 0 aliphatic rings. The predicted octanol–water partition coefficient (Wildman–Crippen LogP) is 4.18. The Hall–Kier alpha value is -4.72. The third-order valence-corrected chi connectivity index (χ3v) is 5.34. The Bertz CT molecular complexity index is 1430. The standard InChI is InChI=1S/C26H22N6O2/c27-25-23-9-6-19(13-20(23)10-12-29-25)14-30-26(33)21-15-31-32(17-21)16-18-4-7-22(8-5-18)34-24-3-1-2-11-28-24/h1-13,15,17H,14,16H2,(H2,27,29)(H,30,33). The van der Waals surface area contributed by atoms with E-state index in [0.29, 0.717) is 36.1 Å². The molecule has 168 valence electrons. The van der Waals surface area contributed by atoms with Gasteiger partial charge in [0.2, 0.25) is 5.88 Å². The molecule has 34 heavy (non-hydrogen) atoms. The van der Waals surface area contributed by atoms with Gasteiger partial charge in [-0.05, 0) is 46.8 Å². The van der Waals surface area contributed by atoms with E-state index in [-0.39, 0.29) is 5.91 Å². The van der Waals surface area contributed by atoms with Crippen LogP contribution >= 0.6 is 0 Å². The minimum absolute atomic E-state index is 0.181. The van der Waals surface area contributed by atoms with Crippen LogP contribution in [0.4, 0.5) is 5.82 Å². The Morgan fingerprint density at radius 1 is 0.971 bits per heavy atom. The minimum atomic E-state index is -0.181. The van der Waals surface area contributed by atoms with Gasteiger partial charge in [-0.1, -0.05) is 30.3 Å². The van der Waals surface area contributed by atoms with Crippen LogP contribution in [0.1, 0.15) is 21.5 Å². The zero-order valence-electron chi connectivity index (χ0n) is 18.3. The number of fused-ring (bicyclic) bond motifs is 1. The molecule has 0 unspecified atom stereocenters. The number of pyridine rings is 2. The lowest BCUT2D eigenvalue weighted by molar-refractivity contribution is 0.0951. The van der Waals surface area contributed by atoms with E-state index < -0.39 is 0 Å². The summed E-state index contributed by atoms with van der Waals surface area (Å²) in [7, 11) is 0. The van der Waals surface area contributed by atoms with Gasteiger partial charge in [-0.2, -0.15) is 5.10 Å². The Morgan fingerprint density at radius 3 is 2.65 bits per heavy atom. The second-order valence-electron chi connectivity index (χ2n) is 7.77. The number of benzene rings is 2. The largest absolute Gasteiger partial charge is 0.439 e. The second kappa shape index (κ2) is 9.41. The van der Waals surface area contributed by atoms with Crippen molar-refractivity contribution in [2.45, 2.75) is 13.1 Å². The lowest BCUT2D eigenvalue weighted by Crippen LogP contribution is -2.22. The van der Waals surface area contributed by atoms with Crippen LogP contribution in [0.5, 0.6) is 11.6 Å². The first-order valence-corrected chi connectivity index (χ1v) is 10.8. The van der Waals surface area contributed by atoms with Crippen molar-refractivity contribution < 1.29 is 9.53 Å². The lowest BCUT2D eigenvalue weighted by atomic mass is 10.1. The van der Waals surface area contributed by atoms with Crippen molar-refractivity contribution in [3.8, 4) is 11.6 Å². The molecule has 8 heteroatoms. The number of nitrogen functional groups attached to an aromatic ring is 1. The number of carbonyl (C=O) groups excluding carboxylic acids is 1. The molecule has 3 N–H and O–H groups in total. The summed E-state index contributed by atoms with van der Waals surface area (Å²) in [5.41, 5.74) is 8.42. The number of amides is 1. The van der Waals surface area contributed by atoms with E-state index in [1.54, 1.807) is 35.5 Å². The maximum absolute atomic E-state index is 12.6. The quantitative estimate of drug-likeness (QED) is 0.385. The van der Waals surface area contributed by atoms with Crippen molar-refractivity contribution in [2.75, 3.05) is 5.73 Å². The average molecular weight is 451 g/mol. The fourth-order valence-electron chi connectivity index (χ4n) is 3.59. The van der Waals surface area contributed by atoms with Crippen molar-refractivity contribution >= 4 is 22.5 Å². The number of nitrogens with one attached hydrogen (secondary N) is 1. The highest BCUT2D eigenvalue weighted by molar-refractivity contribution is 5.94. The van der Waals surface area contributed by atoms with Crippen LogP contribution in [0, 0.1) is 0 Å². The van der Waals surface area contributed by atoms with E-state index in [9.17, 15) is 4.79 Å². The van der Waals surface area contributed by atoms with E-state index in [1.165, 1.54) is 0 Å². The highest BCUT2D eigenvalue weighted by atomic mass is 16.5. The molecule has 0 saturated heterocycles. The van der Waals surface area contributed by atoms with E-state index >= 15 is 0 Å². The number of rotatable bonds is 7. The molecule has 0 fully saturated rings. The van der Waals surface area contributed by atoms with Crippen LogP contribution in [-0.4, -0.2) is 25.7 Å². The van der Waals surface area contributed by atoms with Gasteiger partial charge in [0.15, 0.2) is 0 Å². The van der Waals surface area contributed by atoms with Crippen LogP contribution in [-0.2, 0) is 13.1 Å². The van der Waals surface area contributed by atoms with Crippen LogP contribution in [0.2, 0.25) is 0 Å². The third kappa shape index (κ3) is 4.86. The molecular formula is C26H22N6O2. The van der Waals surface area contributed by atoms with Gasteiger partial charge in [-0.25, -0.2) is 9.97 Å². The summed E-state index contributed by atoms with van der Waals surface area (Å²) >= 11 is 0. The minimum Gasteiger partial charge on any atom is -0.439 e. The number of hydrogen-bond donors (Lipinski definition) is 2. The highest BCUT2D eigenvalue weighted by Gasteiger charge is 2.10. The van der Waals surface area contributed by atoms with Crippen LogP contribution < -0.4 is 15.8 Å². The van der Waals surface area contributed by atoms with Gasteiger partial charge >= 0.3 is 0 Å².